The van der Waals surface area contributed by atoms with Crippen molar-refractivity contribution < 1.29 is 9.59 Å². The highest BCUT2D eigenvalue weighted by Gasteiger charge is 2.15. The fraction of sp³-hybridized carbons (Fsp3) is 0.393. The van der Waals surface area contributed by atoms with Gasteiger partial charge in [0.1, 0.15) is 0 Å². The smallest absolute Gasteiger partial charge is 0.251 e. The largest absolute Gasteiger partial charge is 0.352 e. The van der Waals surface area contributed by atoms with Crippen molar-refractivity contribution >= 4 is 29.4 Å². The van der Waals surface area contributed by atoms with Gasteiger partial charge in [-0.2, -0.15) is 5.10 Å². The van der Waals surface area contributed by atoms with Gasteiger partial charge in [-0.1, -0.05) is 42.3 Å². The molecule has 0 saturated heterocycles. The molecule has 0 bridgehead atoms. The van der Waals surface area contributed by atoms with Crippen molar-refractivity contribution in [2.75, 3.05) is 30.7 Å². The highest BCUT2D eigenvalue weighted by Crippen LogP contribution is 2.23. The van der Waals surface area contributed by atoms with Crippen LogP contribution in [-0.4, -0.2) is 48.0 Å². The molecule has 0 aliphatic heterocycles. The monoisotopic (exact) mass is 522 g/mol. The second-order valence-corrected chi connectivity index (χ2v) is 10.8. The lowest BCUT2D eigenvalue weighted by Gasteiger charge is -2.18. The lowest BCUT2D eigenvalue weighted by molar-refractivity contribution is 0.0950. The number of hydrogen-bond acceptors (Lipinski definition) is 6. The predicted molar refractivity (Wildman–Crippen MR) is 152 cm³/mol. The third kappa shape index (κ3) is 8.65. The van der Waals surface area contributed by atoms with Crippen LogP contribution in [0.25, 0.3) is 0 Å². The first-order valence-corrected chi connectivity index (χ1v) is 13.6. The summed E-state index contributed by atoms with van der Waals surface area (Å²) in [6.45, 7) is 8.81. The summed E-state index contributed by atoms with van der Waals surface area (Å²) in [5.41, 5.74) is 3.83. The predicted octanol–water partition coefficient (Wildman–Crippen LogP) is 4.19. The molecule has 198 valence electrons. The lowest BCUT2D eigenvalue weighted by atomic mass is 10.1. The molecule has 2 aromatic carbocycles. The van der Waals surface area contributed by atoms with E-state index in [-0.39, 0.29) is 17.4 Å². The van der Waals surface area contributed by atoms with Gasteiger partial charge in [-0.25, -0.2) is 0 Å². The van der Waals surface area contributed by atoms with E-state index in [2.05, 4.69) is 48.0 Å². The van der Waals surface area contributed by atoms with Crippen LogP contribution >= 0.6 is 11.9 Å². The average molecular weight is 523 g/mol. The Kier molecular flexibility index (Phi) is 10.2. The van der Waals surface area contributed by atoms with Gasteiger partial charge in [0.15, 0.2) is 0 Å². The molecule has 0 aliphatic carbocycles. The number of benzene rings is 2. The van der Waals surface area contributed by atoms with Gasteiger partial charge in [0, 0.05) is 61.5 Å². The number of nitrogens with one attached hydrogen (secondary N) is 3. The Balaban J connectivity index is 1.52. The summed E-state index contributed by atoms with van der Waals surface area (Å²) in [5.74, 6) is -0.409. The maximum atomic E-state index is 12.9. The van der Waals surface area contributed by atoms with Crippen molar-refractivity contribution in [2.24, 2.45) is 0 Å². The standard InChI is InChI=1S/C28H38N6O2S/c1-28(2,3)34-20-22(19-32-34)17-29-12-9-13-30-26(35)23-14-24(16-25(15-23)33(4)37-5)27(36)31-18-21-10-7-6-8-11-21/h6-8,10-11,14-16,19-20,29H,9,12-13,17-18H2,1-5H3,(H,30,35)(H,31,36). The van der Waals surface area contributed by atoms with Gasteiger partial charge in [0.05, 0.1) is 11.7 Å². The molecule has 37 heavy (non-hydrogen) atoms. The van der Waals surface area contributed by atoms with Crippen LogP contribution < -0.4 is 20.3 Å². The van der Waals surface area contributed by atoms with Crippen LogP contribution in [0, 0.1) is 0 Å². The lowest BCUT2D eigenvalue weighted by Crippen LogP contribution is -2.28. The highest BCUT2D eigenvalue weighted by atomic mass is 32.2. The summed E-state index contributed by atoms with van der Waals surface area (Å²) in [7, 11) is 1.91. The minimum absolute atomic E-state index is 0.0348. The zero-order valence-corrected chi connectivity index (χ0v) is 23.2. The molecule has 9 heteroatoms. The molecule has 0 aliphatic rings. The zero-order valence-electron chi connectivity index (χ0n) is 22.4. The number of hydrogen-bond donors (Lipinski definition) is 3. The van der Waals surface area contributed by atoms with E-state index < -0.39 is 0 Å². The Labute approximate surface area is 224 Å². The van der Waals surface area contributed by atoms with E-state index in [1.54, 1.807) is 12.1 Å². The Morgan fingerprint density at radius 1 is 0.946 bits per heavy atom. The topological polar surface area (TPSA) is 91.3 Å². The van der Waals surface area contributed by atoms with Gasteiger partial charge in [-0.05, 0) is 57.5 Å². The molecule has 1 heterocycles. The summed E-state index contributed by atoms with van der Waals surface area (Å²) < 4.78 is 3.89. The summed E-state index contributed by atoms with van der Waals surface area (Å²) in [4.78, 5) is 25.8. The highest BCUT2D eigenvalue weighted by molar-refractivity contribution is 7.99. The van der Waals surface area contributed by atoms with E-state index in [1.165, 1.54) is 11.9 Å². The Morgan fingerprint density at radius 2 is 1.62 bits per heavy atom. The fourth-order valence-corrected chi connectivity index (χ4v) is 3.93. The molecule has 8 nitrogen and oxygen atoms in total. The van der Waals surface area contributed by atoms with Crippen LogP contribution in [0.1, 0.15) is 59.0 Å². The third-order valence-electron chi connectivity index (χ3n) is 5.84. The van der Waals surface area contributed by atoms with E-state index in [0.29, 0.717) is 24.2 Å². The molecule has 0 radical (unpaired) electrons. The summed E-state index contributed by atoms with van der Waals surface area (Å²) in [5, 5.41) is 13.7. The SMILES string of the molecule is CSN(C)c1cc(C(=O)NCCCNCc2cnn(C(C)(C)C)c2)cc(C(=O)NCc2ccccc2)c1. The van der Waals surface area contributed by atoms with Crippen molar-refractivity contribution in [3.05, 3.63) is 83.2 Å². The first-order chi connectivity index (χ1) is 17.7. The van der Waals surface area contributed by atoms with Crippen molar-refractivity contribution in [3.8, 4) is 0 Å². The van der Waals surface area contributed by atoms with Crippen molar-refractivity contribution in [3.63, 3.8) is 0 Å². The number of rotatable bonds is 12. The molecule has 0 unspecified atom stereocenters. The third-order valence-corrected chi connectivity index (χ3v) is 6.60. The summed E-state index contributed by atoms with van der Waals surface area (Å²) >= 11 is 1.51. The van der Waals surface area contributed by atoms with E-state index >= 15 is 0 Å². The Hall–Kier alpha value is -3.30. The molecule has 0 saturated carbocycles. The van der Waals surface area contributed by atoms with Crippen LogP contribution in [-0.2, 0) is 18.6 Å². The first-order valence-electron chi connectivity index (χ1n) is 12.5. The quantitative estimate of drug-likeness (QED) is 0.244. The summed E-state index contributed by atoms with van der Waals surface area (Å²) in [6.07, 6.45) is 6.67. The maximum absolute atomic E-state index is 12.9. The first kappa shape index (κ1) is 28.3. The van der Waals surface area contributed by atoms with Crippen molar-refractivity contribution in [2.45, 2.75) is 45.8 Å². The van der Waals surface area contributed by atoms with E-state index in [4.69, 9.17) is 0 Å². The Morgan fingerprint density at radius 3 is 2.24 bits per heavy atom. The molecule has 0 atom stereocenters. The van der Waals surface area contributed by atoms with Crippen LogP contribution in [0.4, 0.5) is 5.69 Å². The number of amides is 2. The van der Waals surface area contributed by atoms with Crippen LogP contribution in [0.3, 0.4) is 0 Å². The Bertz CT molecular complexity index is 1170. The van der Waals surface area contributed by atoms with Crippen LogP contribution in [0.5, 0.6) is 0 Å². The molecule has 0 fully saturated rings. The van der Waals surface area contributed by atoms with Crippen LogP contribution in [0.15, 0.2) is 60.9 Å². The van der Waals surface area contributed by atoms with Gasteiger partial charge in [0.2, 0.25) is 0 Å². The maximum Gasteiger partial charge on any atom is 0.251 e. The van der Waals surface area contributed by atoms with Crippen molar-refractivity contribution in [1.82, 2.24) is 25.7 Å². The second kappa shape index (κ2) is 13.3. The van der Waals surface area contributed by atoms with Gasteiger partial charge in [0.25, 0.3) is 11.8 Å². The van der Waals surface area contributed by atoms with Gasteiger partial charge in [-0.3, -0.25) is 14.3 Å². The molecule has 1 aromatic heterocycles. The normalized spacial score (nSPS) is 11.3. The number of anilines is 1. The molecular formula is C28H38N6O2S. The zero-order chi connectivity index (χ0) is 26.8. The fourth-order valence-electron chi connectivity index (χ4n) is 3.61. The van der Waals surface area contributed by atoms with E-state index in [9.17, 15) is 9.59 Å². The molecule has 0 spiro atoms. The van der Waals surface area contributed by atoms with E-state index in [1.807, 2.05) is 64.9 Å². The molecule has 2 amide bonds. The molecular weight excluding hydrogens is 484 g/mol. The second-order valence-electron chi connectivity index (χ2n) is 9.87. The minimum Gasteiger partial charge on any atom is -0.352 e. The number of nitrogens with zero attached hydrogens (tertiary/aromatic N) is 3. The van der Waals surface area contributed by atoms with Crippen molar-refractivity contribution in [1.29, 1.82) is 0 Å². The number of aromatic nitrogens is 2. The molecule has 3 aromatic rings. The molecule has 3 N–H and O–H groups in total. The number of carbonyl (C=O) groups is 2. The molecule has 3 rings (SSSR count). The van der Waals surface area contributed by atoms with Gasteiger partial charge in [-0.15, -0.1) is 0 Å². The van der Waals surface area contributed by atoms with Crippen LogP contribution in [0.2, 0.25) is 0 Å². The minimum atomic E-state index is -0.215. The average Bonchev–Trinajstić information content (AvgIpc) is 3.38. The van der Waals surface area contributed by atoms with Gasteiger partial charge >= 0.3 is 0 Å². The number of carbonyl (C=O) groups excluding carboxylic acids is 2. The van der Waals surface area contributed by atoms with E-state index in [0.717, 1.165) is 36.3 Å². The van der Waals surface area contributed by atoms with Gasteiger partial charge < -0.3 is 20.3 Å². The summed E-state index contributed by atoms with van der Waals surface area (Å²) in [6, 6.07) is 15.0.